The molecule has 0 saturated carbocycles. The highest BCUT2D eigenvalue weighted by Gasteiger charge is 2.51. The third kappa shape index (κ3) is 4.88. The van der Waals surface area contributed by atoms with Crippen molar-refractivity contribution < 1.29 is 27.5 Å². The first-order chi connectivity index (χ1) is 16.0. The number of urea groups is 1. The van der Waals surface area contributed by atoms with Crippen molar-refractivity contribution in [3.05, 3.63) is 89.7 Å². The highest BCUT2D eigenvalue weighted by molar-refractivity contribution is 6.22. The number of benzene rings is 2. The molecule has 9 heteroatoms. The molecule has 0 spiro atoms. The molecule has 0 radical (unpaired) electrons. The van der Waals surface area contributed by atoms with E-state index in [4.69, 9.17) is 0 Å². The predicted octanol–water partition coefficient (Wildman–Crippen LogP) is 5.32. The van der Waals surface area contributed by atoms with Gasteiger partial charge in [-0.2, -0.15) is 0 Å². The molecule has 0 N–H and O–H groups in total. The minimum atomic E-state index is -4.83. The van der Waals surface area contributed by atoms with Crippen molar-refractivity contribution in [2.45, 2.75) is 38.7 Å². The molecule has 3 aromatic rings. The van der Waals surface area contributed by atoms with Crippen molar-refractivity contribution in [3.8, 4) is 5.75 Å². The molecule has 1 aliphatic heterocycles. The minimum absolute atomic E-state index is 0.166. The summed E-state index contributed by atoms with van der Waals surface area (Å²) in [6.45, 7) is 3.45. The molecule has 1 fully saturated rings. The molecule has 0 bridgehead atoms. The van der Waals surface area contributed by atoms with E-state index in [1.54, 1.807) is 26.1 Å². The summed E-state index contributed by atoms with van der Waals surface area (Å²) in [5, 5.41) is 0. The van der Waals surface area contributed by atoms with Gasteiger partial charge in [0.15, 0.2) is 0 Å². The van der Waals surface area contributed by atoms with Crippen LogP contribution in [0.4, 0.5) is 23.7 Å². The van der Waals surface area contributed by atoms with Crippen LogP contribution in [0.5, 0.6) is 5.75 Å². The van der Waals surface area contributed by atoms with E-state index in [9.17, 15) is 22.8 Å². The Morgan fingerprint density at radius 1 is 0.941 bits per heavy atom. The second-order valence-corrected chi connectivity index (χ2v) is 8.43. The van der Waals surface area contributed by atoms with Gasteiger partial charge in [0.05, 0.1) is 5.69 Å². The molecule has 176 valence electrons. The highest BCUT2D eigenvalue weighted by atomic mass is 19.4. The molecular weight excluding hydrogens is 447 g/mol. The molecular formula is C25H22F3N3O3. The van der Waals surface area contributed by atoms with Crippen molar-refractivity contribution >= 4 is 17.6 Å². The lowest BCUT2D eigenvalue weighted by molar-refractivity contribution is -0.274. The number of rotatable bonds is 6. The van der Waals surface area contributed by atoms with Gasteiger partial charge in [-0.1, -0.05) is 30.3 Å². The lowest BCUT2D eigenvalue weighted by Crippen LogP contribution is -2.43. The van der Waals surface area contributed by atoms with E-state index >= 15 is 0 Å². The number of alkyl halides is 3. The van der Waals surface area contributed by atoms with Crippen molar-refractivity contribution in [1.82, 2.24) is 9.88 Å². The molecule has 3 amide bonds. The Morgan fingerprint density at radius 2 is 1.62 bits per heavy atom. The van der Waals surface area contributed by atoms with Gasteiger partial charge in [-0.15, -0.1) is 13.2 Å². The van der Waals surface area contributed by atoms with Gasteiger partial charge in [-0.05, 0) is 61.4 Å². The van der Waals surface area contributed by atoms with Gasteiger partial charge >= 0.3 is 12.4 Å². The van der Waals surface area contributed by atoms with E-state index in [-0.39, 0.29) is 12.2 Å². The lowest BCUT2D eigenvalue weighted by atomic mass is 10.0. The molecule has 1 aliphatic rings. The lowest BCUT2D eigenvalue weighted by Gasteiger charge is -2.27. The van der Waals surface area contributed by atoms with Crippen LogP contribution in [0.15, 0.2) is 72.9 Å². The van der Waals surface area contributed by atoms with Gasteiger partial charge in [-0.3, -0.25) is 9.78 Å². The normalized spacial score (nSPS) is 15.7. The van der Waals surface area contributed by atoms with Crippen molar-refractivity contribution in [3.63, 3.8) is 0 Å². The molecule has 2 heterocycles. The molecule has 0 aliphatic carbocycles. The van der Waals surface area contributed by atoms with Gasteiger partial charge in [0.1, 0.15) is 11.3 Å². The second kappa shape index (κ2) is 8.81. The summed E-state index contributed by atoms with van der Waals surface area (Å²) in [7, 11) is 0. The minimum Gasteiger partial charge on any atom is -0.406 e. The number of ether oxygens (including phenoxy) is 1. The topological polar surface area (TPSA) is 62.7 Å². The zero-order valence-electron chi connectivity index (χ0n) is 18.5. The standard InChI is InChI=1S/C25H22F3N3O3/c1-24(2)22(32)31(20-8-10-21(11-9-20)34-25(26,27)28)23(33)30(24)16-18-12-13-29-19(15-18)14-17-6-4-3-5-7-17/h3-13,15H,14,16H2,1-2H3. The number of pyridine rings is 1. The first-order valence-electron chi connectivity index (χ1n) is 10.5. The number of amides is 3. The SMILES string of the molecule is CC1(C)C(=O)N(c2ccc(OC(F)(F)F)cc2)C(=O)N1Cc1ccnc(Cc2ccccc2)c1. The number of anilines is 1. The maximum atomic E-state index is 13.2. The molecule has 2 aromatic carbocycles. The monoisotopic (exact) mass is 469 g/mol. The van der Waals surface area contributed by atoms with Gasteiger partial charge in [0.2, 0.25) is 0 Å². The van der Waals surface area contributed by atoms with Crippen LogP contribution in [-0.4, -0.2) is 33.7 Å². The smallest absolute Gasteiger partial charge is 0.406 e. The number of hydrogen-bond acceptors (Lipinski definition) is 4. The summed E-state index contributed by atoms with van der Waals surface area (Å²) in [5.41, 5.74) is 1.76. The molecule has 0 atom stereocenters. The van der Waals surface area contributed by atoms with Gasteiger partial charge in [0.25, 0.3) is 5.91 Å². The Kier molecular flexibility index (Phi) is 6.03. The van der Waals surface area contributed by atoms with E-state index in [0.717, 1.165) is 33.9 Å². The first-order valence-corrected chi connectivity index (χ1v) is 10.5. The second-order valence-electron chi connectivity index (χ2n) is 8.43. The summed E-state index contributed by atoms with van der Waals surface area (Å²) < 4.78 is 41.1. The Labute approximate surface area is 194 Å². The third-order valence-corrected chi connectivity index (χ3v) is 5.60. The third-order valence-electron chi connectivity index (χ3n) is 5.60. The van der Waals surface area contributed by atoms with Crippen LogP contribution < -0.4 is 9.64 Å². The number of hydrogen-bond donors (Lipinski definition) is 0. The first kappa shape index (κ1) is 23.3. The number of nitrogens with zero attached hydrogens (tertiary/aromatic N) is 3. The van der Waals surface area contributed by atoms with Crippen molar-refractivity contribution in [2.24, 2.45) is 0 Å². The largest absolute Gasteiger partial charge is 0.573 e. The van der Waals surface area contributed by atoms with Crippen molar-refractivity contribution in [1.29, 1.82) is 0 Å². The number of carbonyl (C=O) groups excluding carboxylic acids is 2. The molecule has 1 aromatic heterocycles. The fourth-order valence-corrected chi connectivity index (χ4v) is 3.84. The maximum absolute atomic E-state index is 13.2. The molecule has 34 heavy (non-hydrogen) atoms. The number of carbonyl (C=O) groups is 2. The molecule has 0 unspecified atom stereocenters. The zero-order valence-corrected chi connectivity index (χ0v) is 18.5. The van der Waals surface area contributed by atoms with Gasteiger partial charge < -0.3 is 9.64 Å². The van der Waals surface area contributed by atoms with E-state index in [0.29, 0.717) is 6.42 Å². The number of aromatic nitrogens is 1. The number of imide groups is 1. The van der Waals surface area contributed by atoms with Crippen molar-refractivity contribution in [2.75, 3.05) is 4.90 Å². The average molecular weight is 469 g/mol. The van der Waals surface area contributed by atoms with E-state index in [1.165, 1.54) is 17.0 Å². The van der Waals surface area contributed by atoms with Crippen LogP contribution in [-0.2, 0) is 17.8 Å². The predicted molar refractivity (Wildman–Crippen MR) is 119 cm³/mol. The van der Waals surface area contributed by atoms with Crippen LogP contribution in [0.2, 0.25) is 0 Å². The number of halogens is 3. The van der Waals surface area contributed by atoms with Crippen LogP contribution in [0.1, 0.15) is 30.7 Å². The van der Waals surface area contributed by atoms with Crippen LogP contribution in [0.25, 0.3) is 0 Å². The van der Waals surface area contributed by atoms with E-state index < -0.39 is 29.6 Å². The Balaban J connectivity index is 1.54. The Hall–Kier alpha value is -3.88. The maximum Gasteiger partial charge on any atom is 0.573 e. The Bertz CT molecular complexity index is 1200. The van der Waals surface area contributed by atoms with E-state index in [2.05, 4.69) is 9.72 Å². The van der Waals surface area contributed by atoms with Gasteiger partial charge in [-0.25, -0.2) is 9.69 Å². The average Bonchev–Trinajstić information content (AvgIpc) is 2.94. The fraction of sp³-hybridized carbons (Fsp3) is 0.240. The summed E-state index contributed by atoms with van der Waals surface area (Å²) in [4.78, 5) is 33.2. The highest BCUT2D eigenvalue weighted by Crippen LogP contribution is 2.34. The fourth-order valence-electron chi connectivity index (χ4n) is 3.84. The Morgan fingerprint density at radius 3 is 2.26 bits per heavy atom. The van der Waals surface area contributed by atoms with Gasteiger partial charge in [0, 0.05) is 24.9 Å². The van der Waals surface area contributed by atoms with E-state index in [1.807, 2.05) is 36.4 Å². The molecule has 4 rings (SSSR count). The van der Waals surface area contributed by atoms with Crippen LogP contribution in [0, 0.1) is 0 Å². The summed E-state index contributed by atoms with van der Waals surface area (Å²) in [6, 6.07) is 17.6. The summed E-state index contributed by atoms with van der Waals surface area (Å²) >= 11 is 0. The quantitative estimate of drug-likeness (QED) is 0.459. The molecule has 1 saturated heterocycles. The zero-order chi connectivity index (χ0) is 24.5. The summed E-state index contributed by atoms with van der Waals surface area (Å²) in [5.74, 6) is -0.908. The molecule has 6 nitrogen and oxygen atoms in total. The summed E-state index contributed by atoms with van der Waals surface area (Å²) in [6.07, 6.45) is -2.53. The van der Waals surface area contributed by atoms with Crippen LogP contribution >= 0.6 is 0 Å². The van der Waals surface area contributed by atoms with Crippen LogP contribution in [0.3, 0.4) is 0 Å².